The number of nitrogens with one attached hydrogen (secondary N) is 1. The summed E-state index contributed by atoms with van der Waals surface area (Å²) in [5.74, 6) is 1.80. The standard InChI is InChI=1S/C24H27N3O5/c1-29-19-7-3-17(4-8-19)22(27-11-13-31-14-12-27)16-25-24(28)21-15-23(32-26-21)18-5-9-20(30-2)10-6-18/h3-10,15,22H,11-14,16H2,1-2H3,(H,25,28)/t22-/m0/s1. The minimum absolute atomic E-state index is 0.0155. The molecule has 3 aromatic rings. The zero-order chi connectivity index (χ0) is 22.3. The van der Waals surface area contributed by atoms with Crippen LogP contribution >= 0.6 is 0 Å². The molecule has 1 fully saturated rings. The van der Waals surface area contributed by atoms with Crippen molar-refractivity contribution < 1.29 is 23.5 Å². The van der Waals surface area contributed by atoms with Gasteiger partial charge < -0.3 is 24.1 Å². The van der Waals surface area contributed by atoms with Crippen molar-refractivity contribution in [3.8, 4) is 22.8 Å². The fourth-order valence-electron chi connectivity index (χ4n) is 3.73. The highest BCUT2D eigenvalue weighted by Gasteiger charge is 2.24. The number of nitrogens with zero attached hydrogens (tertiary/aromatic N) is 2. The lowest BCUT2D eigenvalue weighted by atomic mass is 10.0. The maximum atomic E-state index is 12.8. The highest BCUT2D eigenvalue weighted by Crippen LogP contribution is 2.25. The average Bonchev–Trinajstić information content (AvgIpc) is 3.36. The van der Waals surface area contributed by atoms with Gasteiger partial charge in [0, 0.05) is 31.3 Å². The summed E-state index contributed by atoms with van der Waals surface area (Å²) in [5, 5.41) is 6.96. The molecular formula is C24H27N3O5. The predicted molar refractivity (Wildman–Crippen MR) is 119 cm³/mol. The lowest BCUT2D eigenvalue weighted by Crippen LogP contribution is -2.43. The van der Waals surface area contributed by atoms with Gasteiger partial charge in [0.1, 0.15) is 11.5 Å². The highest BCUT2D eigenvalue weighted by molar-refractivity contribution is 5.93. The van der Waals surface area contributed by atoms with Crippen molar-refractivity contribution in [2.75, 3.05) is 47.1 Å². The monoisotopic (exact) mass is 437 g/mol. The van der Waals surface area contributed by atoms with Gasteiger partial charge in [-0.25, -0.2) is 0 Å². The van der Waals surface area contributed by atoms with Gasteiger partial charge >= 0.3 is 0 Å². The molecule has 0 unspecified atom stereocenters. The van der Waals surface area contributed by atoms with Crippen LogP contribution in [0.5, 0.6) is 11.5 Å². The number of morpholine rings is 1. The number of hydrogen-bond donors (Lipinski definition) is 1. The number of aromatic nitrogens is 1. The van der Waals surface area contributed by atoms with Gasteiger partial charge in [0.2, 0.25) is 0 Å². The molecule has 1 N–H and O–H groups in total. The van der Waals surface area contributed by atoms with E-state index in [2.05, 4.69) is 15.4 Å². The summed E-state index contributed by atoms with van der Waals surface area (Å²) in [7, 11) is 3.26. The highest BCUT2D eigenvalue weighted by atomic mass is 16.5. The Morgan fingerprint density at radius 2 is 1.66 bits per heavy atom. The van der Waals surface area contributed by atoms with E-state index < -0.39 is 0 Å². The van der Waals surface area contributed by atoms with Gasteiger partial charge in [-0.05, 0) is 42.0 Å². The van der Waals surface area contributed by atoms with Crippen molar-refractivity contribution in [3.63, 3.8) is 0 Å². The molecule has 32 heavy (non-hydrogen) atoms. The number of ether oxygens (including phenoxy) is 3. The molecule has 8 heteroatoms. The minimum Gasteiger partial charge on any atom is -0.497 e. The van der Waals surface area contributed by atoms with E-state index in [0.29, 0.717) is 25.5 Å². The van der Waals surface area contributed by atoms with Crippen LogP contribution in [0.2, 0.25) is 0 Å². The van der Waals surface area contributed by atoms with Gasteiger partial charge in [0.25, 0.3) is 5.91 Å². The lowest BCUT2D eigenvalue weighted by Gasteiger charge is -2.34. The topological polar surface area (TPSA) is 86.1 Å². The summed E-state index contributed by atoms with van der Waals surface area (Å²) in [6.45, 7) is 3.40. The molecular weight excluding hydrogens is 410 g/mol. The summed E-state index contributed by atoms with van der Waals surface area (Å²) in [4.78, 5) is 15.1. The molecule has 4 rings (SSSR count). The predicted octanol–water partition coefficient (Wildman–Crippen LogP) is 3.16. The second kappa shape index (κ2) is 10.3. The van der Waals surface area contributed by atoms with Gasteiger partial charge in [-0.2, -0.15) is 0 Å². The Morgan fingerprint density at radius 1 is 1.03 bits per heavy atom. The first kappa shape index (κ1) is 21.9. The van der Waals surface area contributed by atoms with E-state index in [1.165, 1.54) is 0 Å². The molecule has 1 atom stereocenters. The first-order valence-corrected chi connectivity index (χ1v) is 10.5. The molecule has 0 bridgehead atoms. The SMILES string of the molecule is COc1ccc(-c2cc(C(=O)NC[C@@H](c3ccc(OC)cc3)N3CCOCC3)no2)cc1. The van der Waals surface area contributed by atoms with Gasteiger partial charge in [-0.15, -0.1) is 0 Å². The van der Waals surface area contributed by atoms with Crippen molar-refractivity contribution in [1.29, 1.82) is 0 Å². The van der Waals surface area contributed by atoms with Crippen molar-refractivity contribution >= 4 is 5.91 Å². The third-order valence-electron chi connectivity index (χ3n) is 5.56. The third kappa shape index (κ3) is 5.09. The molecule has 1 aliphatic heterocycles. The molecule has 168 valence electrons. The van der Waals surface area contributed by atoms with Crippen molar-refractivity contribution in [2.45, 2.75) is 6.04 Å². The summed E-state index contributed by atoms with van der Waals surface area (Å²) in [5.41, 5.74) is 2.17. The van der Waals surface area contributed by atoms with Crippen molar-refractivity contribution in [2.24, 2.45) is 0 Å². The zero-order valence-corrected chi connectivity index (χ0v) is 18.2. The quantitative estimate of drug-likeness (QED) is 0.579. The van der Waals surface area contributed by atoms with Crippen LogP contribution in [0.4, 0.5) is 0 Å². The van der Waals surface area contributed by atoms with Gasteiger partial charge in [0.05, 0.1) is 33.5 Å². The molecule has 1 aliphatic rings. The molecule has 1 saturated heterocycles. The van der Waals surface area contributed by atoms with Gasteiger partial charge in [-0.1, -0.05) is 17.3 Å². The Bertz CT molecular complexity index is 1010. The molecule has 8 nitrogen and oxygen atoms in total. The van der Waals surface area contributed by atoms with E-state index in [1.807, 2.05) is 48.5 Å². The number of carbonyl (C=O) groups excluding carboxylic acids is 1. The Morgan fingerprint density at radius 3 is 2.28 bits per heavy atom. The van der Waals surface area contributed by atoms with Crippen LogP contribution in [0.25, 0.3) is 11.3 Å². The van der Waals surface area contributed by atoms with E-state index in [9.17, 15) is 4.79 Å². The van der Waals surface area contributed by atoms with Crippen LogP contribution in [-0.4, -0.2) is 63.0 Å². The number of hydrogen-bond acceptors (Lipinski definition) is 7. The second-order valence-corrected chi connectivity index (χ2v) is 7.45. The fourth-order valence-corrected chi connectivity index (χ4v) is 3.73. The molecule has 0 aliphatic carbocycles. The van der Waals surface area contributed by atoms with E-state index in [1.54, 1.807) is 20.3 Å². The molecule has 1 amide bonds. The van der Waals surface area contributed by atoms with Crippen LogP contribution in [0.1, 0.15) is 22.1 Å². The van der Waals surface area contributed by atoms with E-state index in [4.69, 9.17) is 18.7 Å². The molecule has 2 aromatic carbocycles. The molecule has 2 heterocycles. The normalized spacial score (nSPS) is 15.2. The largest absolute Gasteiger partial charge is 0.497 e. The Kier molecular flexibility index (Phi) is 7.03. The van der Waals surface area contributed by atoms with Crippen LogP contribution in [0, 0.1) is 0 Å². The van der Waals surface area contributed by atoms with E-state index >= 15 is 0 Å². The number of methoxy groups -OCH3 is 2. The van der Waals surface area contributed by atoms with Gasteiger partial charge in [0.15, 0.2) is 11.5 Å². The van der Waals surface area contributed by atoms with Crippen LogP contribution < -0.4 is 14.8 Å². The number of carbonyl (C=O) groups is 1. The zero-order valence-electron chi connectivity index (χ0n) is 18.2. The maximum Gasteiger partial charge on any atom is 0.273 e. The van der Waals surface area contributed by atoms with Crippen LogP contribution in [0.15, 0.2) is 59.1 Å². The van der Waals surface area contributed by atoms with Gasteiger partial charge in [-0.3, -0.25) is 9.69 Å². The van der Waals surface area contributed by atoms with E-state index in [-0.39, 0.29) is 17.6 Å². The maximum absolute atomic E-state index is 12.8. The summed E-state index contributed by atoms with van der Waals surface area (Å²) < 4.78 is 21.3. The Labute approximate surface area is 187 Å². The lowest BCUT2D eigenvalue weighted by molar-refractivity contribution is 0.0162. The van der Waals surface area contributed by atoms with Crippen molar-refractivity contribution in [3.05, 3.63) is 65.9 Å². The Balaban J connectivity index is 1.45. The van der Waals surface area contributed by atoms with Crippen LogP contribution in [0.3, 0.4) is 0 Å². The summed E-state index contributed by atoms with van der Waals surface area (Å²) in [6.07, 6.45) is 0. The average molecular weight is 437 g/mol. The first-order valence-electron chi connectivity index (χ1n) is 10.5. The summed E-state index contributed by atoms with van der Waals surface area (Å²) >= 11 is 0. The minimum atomic E-state index is -0.278. The third-order valence-corrected chi connectivity index (χ3v) is 5.56. The number of benzene rings is 2. The van der Waals surface area contributed by atoms with E-state index in [0.717, 1.165) is 35.7 Å². The number of amides is 1. The van der Waals surface area contributed by atoms with Crippen LogP contribution in [-0.2, 0) is 4.74 Å². The molecule has 1 aromatic heterocycles. The van der Waals surface area contributed by atoms with Crippen molar-refractivity contribution in [1.82, 2.24) is 15.4 Å². The molecule has 0 spiro atoms. The number of rotatable bonds is 8. The summed E-state index contributed by atoms with van der Waals surface area (Å²) in [6, 6.07) is 17.0. The molecule has 0 saturated carbocycles. The first-order chi connectivity index (χ1) is 15.7. The fraction of sp³-hybridized carbons (Fsp3) is 0.333. The second-order valence-electron chi connectivity index (χ2n) is 7.45. The Hall–Kier alpha value is -3.36. The molecule has 0 radical (unpaired) electrons. The smallest absolute Gasteiger partial charge is 0.273 e.